The van der Waals surface area contributed by atoms with Crippen LogP contribution in [0.2, 0.25) is 0 Å². The average Bonchev–Trinajstić information content (AvgIpc) is 2.53. The smallest absolute Gasteiger partial charge is 0.229 e. The Hall–Kier alpha value is -1.31. The summed E-state index contributed by atoms with van der Waals surface area (Å²) in [5, 5.41) is 6.30. The van der Waals surface area contributed by atoms with Crippen LogP contribution in [0, 0.1) is 5.92 Å². The van der Waals surface area contributed by atoms with Gasteiger partial charge in [-0.2, -0.15) is 0 Å². The molecule has 1 heterocycles. The van der Waals surface area contributed by atoms with Crippen LogP contribution < -0.4 is 15.4 Å². The molecule has 6 nitrogen and oxygen atoms in total. The van der Waals surface area contributed by atoms with Crippen LogP contribution >= 0.6 is 12.4 Å². The van der Waals surface area contributed by atoms with Gasteiger partial charge in [-0.05, 0) is 56.8 Å². The molecule has 8 heteroatoms. The molecule has 1 fully saturated rings. The molecule has 0 radical (unpaired) electrons. The minimum Gasteiger partial charge on any atom is -0.350 e. The molecule has 1 aliphatic heterocycles. The van der Waals surface area contributed by atoms with Crippen LogP contribution in [0.25, 0.3) is 0 Å². The van der Waals surface area contributed by atoms with Gasteiger partial charge >= 0.3 is 0 Å². The lowest BCUT2D eigenvalue weighted by Crippen LogP contribution is -2.30. The summed E-state index contributed by atoms with van der Waals surface area (Å²) in [4.78, 5) is 12.2. The lowest BCUT2D eigenvalue weighted by molar-refractivity contribution is -0.122. The van der Waals surface area contributed by atoms with E-state index in [4.69, 9.17) is 0 Å². The lowest BCUT2D eigenvalue weighted by Gasteiger charge is -2.23. The first kappa shape index (κ1) is 21.7. The summed E-state index contributed by atoms with van der Waals surface area (Å²) in [6.45, 7) is 3.94. The van der Waals surface area contributed by atoms with Gasteiger partial charge < -0.3 is 10.6 Å². The van der Waals surface area contributed by atoms with Crippen molar-refractivity contribution < 1.29 is 13.2 Å². The van der Waals surface area contributed by atoms with E-state index in [2.05, 4.69) is 15.4 Å². The van der Waals surface area contributed by atoms with E-state index in [1.54, 1.807) is 12.1 Å². The number of hydrogen-bond donors (Lipinski definition) is 3. The summed E-state index contributed by atoms with van der Waals surface area (Å²) >= 11 is 0. The van der Waals surface area contributed by atoms with Crippen molar-refractivity contribution >= 4 is 34.0 Å². The molecule has 1 aromatic rings. The van der Waals surface area contributed by atoms with E-state index < -0.39 is 10.0 Å². The zero-order valence-electron chi connectivity index (χ0n) is 14.7. The van der Waals surface area contributed by atoms with Crippen LogP contribution in [0.3, 0.4) is 0 Å². The first-order valence-corrected chi connectivity index (χ1v) is 10.3. The van der Waals surface area contributed by atoms with Crippen molar-refractivity contribution in [3.8, 4) is 0 Å². The minimum absolute atomic E-state index is 0. The number of amides is 1. The van der Waals surface area contributed by atoms with Crippen molar-refractivity contribution in [1.82, 2.24) is 10.6 Å². The van der Waals surface area contributed by atoms with Crippen molar-refractivity contribution in [2.45, 2.75) is 38.6 Å². The van der Waals surface area contributed by atoms with Gasteiger partial charge in [0.25, 0.3) is 0 Å². The number of rotatable bonds is 7. The third-order valence-corrected chi connectivity index (χ3v) is 4.93. The van der Waals surface area contributed by atoms with E-state index in [0.717, 1.165) is 44.2 Å². The summed E-state index contributed by atoms with van der Waals surface area (Å²) in [5.41, 5.74) is 1.27. The van der Waals surface area contributed by atoms with Gasteiger partial charge in [0.15, 0.2) is 0 Å². The Bertz CT molecular complexity index is 661. The van der Waals surface area contributed by atoms with Crippen LogP contribution in [-0.4, -0.2) is 33.7 Å². The number of nitrogens with one attached hydrogen (secondary N) is 3. The van der Waals surface area contributed by atoms with Gasteiger partial charge in [0.2, 0.25) is 15.9 Å². The summed E-state index contributed by atoms with van der Waals surface area (Å²) in [5.74, 6) is 0.627. The molecule has 3 N–H and O–H groups in total. The maximum absolute atomic E-state index is 12.2. The molecular weight excluding hydrogens is 362 g/mol. The fraction of sp³-hybridized carbons (Fsp3) is 0.588. The standard InChI is InChI=1S/C17H27N3O3S.ClH/c1-13(15-5-3-4-6-16(15)20-24(2,22)23)19-17(21)8-7-14-9-11-18-12-10-14;/h3-6,13-14,18,20H,7-12H2,1-2H3,(H,19,21);1H. The number of hydrogen-bond acceptors (Lipinski definition) is 4. The van der Waals surface area contributed by atoms with Gasteiger partial charge in [0.1, 0.15) is 0 Å². The highest BCUT2D eigenvalue weighted by atomic mass is 35.5. The Balaban J connectivity index is 0.00000312. The van der Waals surface area contributed by atoms with Crippen LogP contribution in [-0.2, 0) is 14.8 Å². The van der Waals surface area contributed by atoms with E-state index in [1.807, 2.05) is 19.1 Å². The zero-order valence-corrected chi connectivity index (χ0v) is 16.4. The van der Waals surface area contributed by atoms with E-state index in [0.29, 0.717) is 18.0 Å². The molecule has 1 aromatic carbocycles. The molecule has 142 valence electrons. The fourth-order valence-electron chi connectivity index (χ4n) is 3.06. The Kier molecular flexibility index (Phi) is 8.68. The molecule has 2 rings (SSSR count). The Morgan fingerprint density at radius 2 is 1.92 bits per heavy atom. The van der Waals surface area contributed by atoms with Crippen molar-refractivity contribution in [3.63, 3.8) is 0 Å². The van der Waals surface area contributed by atoms with Gasteiger partial charge in [-0.15, -0.1) is 12.4 Å². The van der Waals surface area contributed by atoms with Crippen LogP contribution in [0.1, 0.15) is 44.2 Å². The van der Waals surface area contributed by atoms with Gasteiger partial charge in [-0.1, -0.05) is 18.2 Å². The zero-order chi connectivity index (χ0) is 17.6. The second kappa shape index (κ2) is 9.99. The second-order valence-corrected chi connectivity index (χ2v) is 8.23. The molecule has 0 saturated carbocycles. The molecule has 0 aliphatic carbocycles. The Labute approximate surface area is 156 Å². The van der Waals surface area contributed by atoms with Crippen molar-refractivity contribution in [2.24, 2.45) is 5.92 Å². The summed E-state index contributed by atoms with van der Waals surface area (Å²) in [6, 6.07) is 6.87. The number of para-hydroxylation sites is 1. The van der Waals surface area contributed by atoms with Gasteiger partial charge in [-0.3, -0.25) is 9.52 Å². The van der Waals surface area contributed by atoms with E-state index in [1.165, 1.54) is 0 Å². The molecule has 25 heavy (non-hydrogen) atoms. The van der Waals surface area contributed by atoms with E-state index in [-0.39, 0.29) is 24.4 Å². The number of anilines is 1. The first-order valence-electron chi connectivity index (χ1n) is 8.42. The van der Waals surface area contributed by atoms with Gasteiger partial charge in [0.05, 0.1) is 18.0 Å². The van der Waals surface area contributed by atoms with Crippen LogP contribution in [0.5, 0.6) is 0 Å². The molecule has 1 aliphatic rings. The minimum atomic E-state index is -3.36. The Morgan fingerprint density at radius 1 is 1.28 bits per heavy atom. The van der Waals surface area contributed by atoms with Crippen LogP contribution in [0.4, 0.5) is 5.69 Å². The maximum Gasteiger partial charge on any atom is 0.229 e. The predicted molar refractivity (Wildman–Crippen MR) is 104 cm³/mol. The predicted octanol–water partition coefficient (Wildman–Crippen LogP) is 2.44. The molecular formula is C17H28ClN3O3S. The highest BCUT2D eigenvalue weighted by Gasteiger charge is 2.17. The van der Waals surface area contributed by atoms with Crippen LogP contribution in [0.15, 0.2) is 24.3 Å². The third kappa shape index (κ3) is 7.63. The quantitative estimate of drug-likeness (QED) is 0.668. The molecule has 0 spiro atoms. The molecule has 1 unspecified atom stereocenters. The molecule has 1 amide bonds. The lowest BCUT2D eigenvalue weighted by atomic mass is 9.93. The van der Waals surface area contributed by atoms with Gasteiger partial charge in [0, 0.05) is 6.42 Å². The Morgan fingerprint density at radius 3 is 2.56 bits per heavy atom. The largest absolute Gasteiger partial charge is 0.350 e. The SMILES string of the molecule is CC(NC(=O)CCC1CCNCC1)c1ccccc1NS(C)(=O)=O.Cl. The highest BCUT2D eigenvalue weighted by molar-refractivity contribution is 7.92. The highest BCUT2D eigenvalue weighted by Crippen LogP contribution is 2.24. The summed E-state index contributed by atoms with van der Waals surface area (Å²) in [7, 11) is -3.36. The third-order valence-electron chi connectivity index (χ3n) is 4.34. The number of halogens is 1. The topological polar surface area (TPSA) is 87.3 Å². The van der Waals surface area contributed by atoms with Crippen molar-refractivity contribution in [3.05, 3.63) is 29.8 Å². The number of sulfonamides is 1. The maximum atomic E-state index is 12.2. The molecule has 0 aromatic heterocycles. The number of benzene rings is 1. The van der Waals surface area contributed by atoms with E-state index >= 15 is 0 Å². The normalized spacial score (nSPS) is 16.6. The summed E-state index contributed by atoms with van der Waals surface area (Å²) < 4.78 is 25.4. The monoisotopic (exact) mass is 389 g/mol. The summed E-state index contributed by atoms with van der Waals surface area (Å²) in [6.07, 6.45) is 4.79. The van der Waals surface area contributed by atoms with Gasteiger partial charge in [-0.25, -0.2) is 8.42 Å². The van der Waals surface area contributed by atoms with Crippen molar-refractivity contribution in [1.29, 1.82) is 0 Å². The second-order valence-electron chi connectivity index (χ2n) is 6.48. The molecule has 1 saturated heterocycles. The number of carbonyl (C=O) groups is 1. The molecule has 1 atom stereocenters. The van der Waals surface area contributed by atoms with E-state index in [9.17, 15) is 13.2 Å². The fourth-order valence-corrected chi connectivity index (χ4v) is 3.65. The molecule has 0 bridgehead atoms. The number of piperidine rings is 1. The average molecular weight is 390 g/mol. The van der Waals surface area contributed by atoms with Crippen molar-refractivity contribution in [2.75, 3.05) is 24.1 Å². The number of carbonyl (C=O) groups excluding carboxylic acids is 1. The first-order chi connectivity index (χ1) is 11.3.